The molecule has 11 nitrogen and oxygen atoms in total. The third kappa shape index (κ3) is 4.49. The minimum Gasteiger partial charge on any atom is -0.494 e. The first-order valence-corrected chi connectivity index (χ1v) is 8.88. The van der Waals surface area contributed by atoms with Crippen LogP contribution in [-0.4, -0.2) is 49.2 Å². The number of aromatic nitrogens is 6. The summed E-state index contributed by atoms with van der Waals surface area (Å²) in [7, 11) is 3.27. The van der Waals surface area contributed by atoms with Gasteiger partial charge in [0, 0.05) is 44.7 Å². The number of rotatable bonds is 7. The number of anilines is 3. The van der Waals surface area contributed by atoms with Gasteiger partial charge >= 0.3 is 0 Å². The Morgan fingerprint density at radius 1 is 1.27 bits per heavy atom. The molecule has 30 heavy (non-hydrogen) atoms. The van der Waals surface area contributed by atoms with Crippen molar-refractivity contribution in [1.82, 2.24) is 29.9 Å². The van der Waals surface area contributed by atoms with Crippen LogP contribution < -0.4 is 15.4 Å². The number of carbonyl (C=O) groups is 2. The molecule has 0 aliphatic heterocycles. The first kappa shape index (κ1) is 21.4. The normalized spacial score (nSPS) is 12.6. The monoisotopic (exact) mass is 458 g/mol. The van der Waals surface area contributed by atoms with Crippen molar-refractivity contribution in [1.29, 1.82) is 0 Å². The molecule has 1 amide bonds. The molecule has 150 valence electrons. The van der Waals surface area contributed by atoms with Crippen molar-refractivity contribution in [2.75, 3.05) is 17.7 Å². The standard InChI is InChI=1S/C18H18N8O3.Zn/c1-26-9-20-17(25-26)11-6-19-7-13(16(11)29-2)21-12-5-15(24-23-14(12)8-27)22-18(28)10-3-4-10;/h5-10H,3-4H2,1-2H3,(H2,21,22,24,28);. The van der Waals surface area contributed by atoms with E-state index in [0.29, 0.717) is 34.8 Å². The SMILES string of the molecule is COc1c(Nc2cc(NC(=O)C3CC3)nnc2C=O)cncc1-c1ncn(C)n1.[Zn]. The van der Waals surface area contributed by atoms with Crippen LogP contribution in [0.2, 0.25) is 0 Å². The summed E-state index contributed by atoms with van der Waals surface area (Å²) in [5.41, 5.74) is 1.49. The van der Waals surface area contributed by atoms with Gasteiger partial charge in [0.2, 0.25) is 5.91 Å². The molecule has 12 heteroatoms. The topological polar surface area (TPSA) is 137 Å². The van der Waals surface area contributed by atoms with Gasteiger partial charge in [-0.15, -0.1) is 10.2 Å². The van der Waals surface area contributed by atoms with E-state index in [1.54, 1.807) is 36.5 Å². The molecular weight excluding hydrogens is 442 g/mol. The van der Waals surface area contributed by atoms with Gasteiger partial charge in [-0.1, -0.05) is 0 Å². The first-order valence-electron chi connectivity index (χ1n) is 8.88. The number of amides is 1. The number of carbonyl (C=O) groups excluding carboxylic acids is 2. The molecule has 0 atom stereocenters. The minimum absolute atomic E-state index is 0. The molecule has 0 aromatic carbocycles. The van der Waals surface area contributed by atoms with Gasteiger partial charge in [0.15, 0.2) is 23.7 Å². The van der Waals surface area contributed by atoms with E-state index in [9.17, 15) is 9.59 Å². The summed E-state index contributed by atoms with van der Waals surface area (Å²) in [6.07, 6.45) is 7.02. The van der Waals surface area contributed by atoms with E-state index >= 15 is 0 Å². The third-order valence-electron chi connectivity index (χ3n) is 4.34. The van der Waals surface area contributed by atoms with Gasteiger partial charge in [-0.05, 0) is 12.8 Å². The zero-order chi connectivity index (χ0) is 20.4. The average molecular weight is 460 g/mol. The third-order valence-corrected chi connectivity index (χ3v) is 4.34. The van der Waals surface area contributed by atoms with Crippen molar-refractivity contribution in [3.8, 4) is 17.1 Å². The van der Waals surface area contributed by atoms with Crippen LogP contribution in [0, 0.1) is 5.92 Å². The smallest absolute Gasteiger partial charge is 0.228 e. The van der Waals surface area contributed by atoms with E-state index in [2.05, 4.69) is 35.9 Å². The maximum absolute atomic E-state index is 12.0. The Kier molecular flexibility index (Phi) is 6.46. The number of nitrogens with zero attached hydrogens (tertiary/aromatic N) is 6. The first-order chi connectivity index (χ1) is 14.1. The Morgan fingerprint density at radius 2 is 2.07 bits per heavy atom. The fraction of sp³-hybridized carbons (Fsp3) is 0.278. The Balaban J connectivity index is 0.00000256. The molecule has 4 rings (SSSR count). The number of methoxy groups -OCH3 is 1. The molecule has 0 unspecified atom stereocenters. The van der Waals surface area contributed by atoms with Crippen molar-refractivity contribution in [2.45, 2.75) is 12.8 Å². The predicted molar refractivity (Wildman–Crippen MR) is 103 cm³/mol. The van der Waals surface area contributed by atoms with E-state index in [0.717, 1.165) is 12.8 Å². The molecular formula is C18H18N8O3Zn. The molecule has 3 aromatic rings. The second-order valence-corrected chi connectivity index (χ2v) is 6.54. The van der Waals surface area contributed by atoms with Gasteiger partial charge in [-0.3, -0.25) is 19.3 Å². The van der Waals surface area contributed by atoms with Gasteiger partial charge in [-0.25, -0.2) is 4.98 Å². The molecule has 1 saturated carbocycles. The van der Waals surface area contributed by atoms with Crippen molar-refractivity contribution < 1.29 is 33.8 Å². The fourth-order valence-electron chi connectivity index (χ4n) is 2.75. The summed E-state index contributed by atoms with van der Waals surface area (Å²) in [5.74, 6) is 1.06. The van der Waals surface area contributed by atoms with E-state index in [1.807, 2.05) is 0 Å². The predicted octanol–water partition coefficient (Wildman–Crippen LogP) is 1.58. The zero-order valence-corrected chi connectivity index (χ0v) is 19.5. The van der Waals surface area contributed by atoms with Crippen LogP contribution >= 0.6 is 0 Å². The summed E-state index contributed by atoms with van der Waals surface area (Å²) < 4.78 is 7.10. The van der Waals surface area contributed by atoms with Gasteiger partial charge < -0.3 is 15.4 Å². The quantitative estimate of drug-likeness (QED) is 0.398. The summed E-state index contributed by atoms with van der Waals surface area (Å²) in [6, 6.07) is 1.54. The van der Waals surface area contributed by atoms with E-state index in [4.69, 9.17) is 4.74 Å². The van der Waals surface area contributed by atoms with Crippen LogP contribution in [-0.2, 0) is 31.3 Å². The Hall–Kier alpha value is -3.27. The molecule has 1 aliphatic rings. The van der Waals surface area contributed by atoms with Crippen molar-refractivity contribution in [3.63, 3.8) is 0 Å². The summed E-state index contributed by atoms with van der Waals surface area (Å²) >= 11 is 0. The van der Waals surface area contributed by atoms with Gasteiger partial charge in [-0.2, -0.15) is 5.10 Å². The van der Waals surface area contributed by atoms with Crippen molar-refractivity contribution in [2.24, 2.45) is 13.0 Å². The number of ether oxygens (including phenoxy) is 1. The van der Waals surface area contributed by atoms with Crippen LogP contribution in [0.25, 0.3) is 11.4 Å². The number of aldehydes is 1. The van der Waals surface area contributed by atoms with Gasteiger partial charge in [0.05, 0.1) is 24.6 Å². The molecule has 0 radical (unpaired) electrons. The number of hydrogen-bond donors (Lipinski definition) is 2. The van der Waals surface area contributed by atoms with Crippen LogP contribution in [0.1, 0.15) is 23.3 Å². The molecule has 1 fully saturated rings. The maximum Gasteiger partial charge on any atom is 0.228 e. The van der Waals surface area contributed by atoms with E-state index in [-0.39, 0.29) is 42.8 Å². The molecule has 3 heterocycles. The second kappa shape index (κ2) is 9.04. The van der Waals surface area contributed by atoms with Crippen LogP contribution in [0.4, 0.5) is 17.2 Å². The summed E-state index contributed by atoms with van der Waals surface area (Å²) in [5, 5.41) is 17.8. The Bertz CT molecular complexity index is 1080. The Morgan fingerprint density at radius 3 is 2.70 bits per heavy atom. The molecule has 0 spiro atoms. The zero-order valence-electron chi connectivity index (χ0n) is 16.5. The van der Waals surface area contributed by atoms with Crippen molar-refractivity contribution >= 4 is 29.4 Å². The molecule has 0 saturated heterocycles. The molecule has 3 aromatic heterocycles. The average Bonchev–Trinajstić information content (AvgIpc) is 3.49. The number of aryl methyl sites for hydroxylation is 1. The summed E-state index contributed by atoms with van der Waals surface area (Å²) in [6.45, 7) is 0. The molecule has 2 N–H and O–H groups in total. The number of hydrogen-bond acceptors (Lipinski definition) is 9. The van der Waals surface area contributed by atoms with E-state index in [1.165, 1.54) is 7.11 Å². The van der Waals surface area contributed by atoms with Crippen LogP contribution in [0.3, 0.4) is 0 Å². The minimum atomic E-state index is -0.105. The van der Waals surface area contributed by atoms with Crippen LogP contribution in [0.15, 0.2) is 24.8 Å². The second-order valence-electron chi connectivity index (χ2n) is 6.54. The van der Waals surface area contributed by atoms with Crippen LogP contribution in [0.5, 0.6) is 5.75 Å². The number of nitrogens with one attached hydrogen (secondary N) is 2. The summed E-state index contributed by atoms with van der Waals surface area (Å²) in [4.78, 5) is 31.8. The molecule has 1 aliphatic carbocycles. The largest absolute Gasteiger partial charge is 0.494 e. The van der Waals surface area contributed by atoms with E-state index < -0.39 is 0 Å². The Labute approximate surface area is 184 Å². The fourth-order valence-corrected chi connectivity index (χ4v) is 2.75. The maximum atomic E-state index is 12.0. The number of pyridine rings is 1. The molecule has 0 bridgehead atoms. The van der Waals surface area contributed by atoms with Crippen molar-refractivity contribution in [3.05, 3.63) is 30.5 Å². The van der Waals surface area contributed by atoms with Gasteiger partial charge in [0.1, 0.15) is 17.7 Å². The van der Waals surface area contributed by atoms with Gasteiger partial charge in [0.25, 0.3) is 0 Å².